The van der Waals surface area contributed by atoms with Crippen LogP contribution in [0.15, 0.2) is 71.9 Å². The van der Waals surface area contributed by atoms with Crippen LogP contribution in [0.4, 0.5) is 20.6 Å². The van der Waals surface area contributed by atoms with E-state index >= 15 is 4.39 Å². The molecule has 1 amide bonds. The molecule has 7 heteroatoms. The molecule has 31 heavy (non-hydrogen) atoms. The van der Waals surface area contributed by atoms with E-state index in [-0.39, 0.29) is 11.9 Å². The third-order valence-electron chi connectivity index (χ3n) is 5.67. The lowest BCUT2D eigenvalue weighted by Gasteiger charge is -2.31. The van der Waals surface area contributed by atoms with Gasteiger partial charge >= 0.3 is 6.09 Å². The van der Waals surface area contributed by atoms with Crippen molar-refractivity contribution in [3.8, 4) is 0 Å². The van der Waals surface area contributed by atoms with E-state index in [1.165, 1.54) is 22.1 Å². The van der Waals surface area contributed by atoms with Crippen molar-refractivity contribution < 1.29 is 13.9 Å². The fourth-order valence-corrected chi connectivity index (χ4v) is 4.93. The highest BCUT2D eigenvalue weighted by Crippen LogP contribution is 2.31. The summed E-state index contributed by atoms with van der Waals surface area (Å²) in [6.45, 7) is 1.87. The number of anilines is 2. The number of fused-ring (bicyclic) bond motifs is 1. The van der Waals surface area contributed by atoms with E-state index in [1.807, 2.05) is 24.3 Å². The molecular weight excluding hydrogens is 413 g/mol. The van der Waals surface area contributed by atoms with Crippen molar-refractivity contribution >= 4 is 29.2 Å². The Balaban J connectivity index is 1.26. The molecule has 3 heterocycles. The maximum Gasteiger partial charge on any atom is 0.414 e. The highest BCUT2D eigenvalue weighted by Gasteiger charge is 2.33. The van der Waals surface area contributed by atoms with E-state index < -0.39 is 6.09 Å². The zero-order chi connectivity index (χ0) is 21.2. The summed E-state index contributed by atoms with van der Waals surface area (Å²) >= 11 is 1.61. The third kappa shape index (κ3) is 4.23. The molecule has 1 saturated heterocycles. The summed E-state index contributed by atoms with van der Waals surface area (Å²) in [6.07, 6.45) is 3.69. The number of amides is 1. The molecule has 3 aromatic rings. The number of ether oxygens (including phenoxy) is 1. The zero-order valence-corrected chi connectivity index (χ0v) is 17.7. The monoisotopic (exact) mass is 435 g/mol. The van der Waals surface area contributed by atoms with Crippen LogP contribution < -0.4 is 9.80 Å². The first-order chi connectivity index (χ1) is 15.2. The van der Waals surface area contributed by atoms with E-state index in [0.29, 0.717) is 30.2 Å². The fraction of sp³-hybridized carbons (Fsp3) is 0.250. The summed E-state index contributed by atoms with van der Waals surface area (Å²) in [6, 6.07) is 17.1. The van der Waals surface area contributed by atoms with Gasteiger partial charge in [-0.15, -0.1) is 11.8 Å². The predicted octanol–water partition coefficient (Wildman–Crippen LogP) is 4.90. The number of halogens is 1. The highest BCUT2D eigenvalue weighted by molar-refractivity contribution is 7.99. The Morgan fingerprint density at radius 1 is 1.10 bits per heavy atom. The molecular formula is C24H22FN3O2S. The van der Waals surface area contributed by atoms with Gasteiger partial charge in [0.1, 0.15) is 11.9 Å². The number of benzene rings is 2. The molecule has 0 spiro atoms. The summed E-state index contributed by atoms with van der Waals surface area (Å²) in [5.41, 5.74) is 3.65. The molecule has 158 valence electrons. The largest absolute Gasteiger partial charge is 0.443 e. The van der Waals surface area contributed by atoms with E-state index in [4.69, 9.17) is 4.74 Å². The predicted molar refractivity (Wildman–Crippen MR) is 120 cm³/mol. The number of nitrogens with zero attached hydrogens (tertiary/aromatic N) is 3. The number of aromatic nitrogens is 1. The number of thioether (sulfide) groups is 1. The van der Waals surface area contributed by atoms with Crippen LogP contribution in [0.1, 0.15) is 11.1 Å². The number of rotatable bonds is 5. The first kappa shape index (κ1) is 19.9. The number of pyridine rings is 1. The lowest BCUT2D eigenvalue weighted by Crippen LogP contribution is -2.31. The molecule has 1 aromatic heterocycles. The third-order valence-corrected chi connectivity index (χ3v) is 6.82. The molecule has 5 nitrogen and oxygen atoms in total. The van der Waals surface area contributed by atoms with Crippen LogP contribution in [0.2, 0.25) is 0 Å². The molecule has 0 N–H and O–H groups in total. The van der Waals surface area contributed by atoms with Crippen LogP contribution in [0, 0.1) is 5.82 Å². The van der Waals surface area contributed by atoms with Crippen molar-refractivity contribution in [2.24, 2.45) is 0 Å². The summed E-state index contributed by atoms with van der Waals surface area (Å²) in [7, 11) is 0. The Kier molecular flexibility index (Phi) is 5.51. The van der Waals surface area contributed by atoms with Gasteiger partial charge < -0.3 is 9.64 Å². The number of cyclic esters (lactones) is 1. The number of carbonyl (C=O) groups excluding carboxylic acids is 1. The van der Waals surface area contributed by atoms with Gasteiger partial charge in [0, 0.05) is 36.1 Å². The molecule has 0 unspecified atom stereocenters. The van der Waals surface area contributed by atoms with Crippen molar-refractivity contribution in [3.05, 3.63) is 83.9 Å². The summed E-state index contributed by atoms with van der Waals surface area (Å²) in [5, 5.41) is 0. The van der Waals surface area contributed by atoms with Gasteiger partial charge in [-0.3, -0.25) is 9.88 Å². The Morgan fingerprint density at radius 3 is 2.71 bits per heavy atom. The average molecular weight is 436 g/mol. The molecule has 2 aliphatic rings. The summed E-state index contributed by atoms with van der Waals surface area (Å²) < 4.78 is 20.5. The molecule has 0 saturated carbocycles. The maximum atomic E-state index is 15.0. The van der Waals surface area contributed by atoms with E-state index in [2.05, 4.69) is 22.0 Å². The highest BCUT2D eigenvalue weighted by atomic mass is 32.2. The standard InChI is InChI=1S/C24H22FN3O2S/c25-22-13-19(5-6-23(22)27-12-9-17-3-1-2-4-18(17)14-27)28-15-20(30-24(28)29)16-31-21-7-10-26-11-8-21/h1-8,10-11,13,20H,9,12,14-16H2/t20-/m0/s1. The normalized spacial score (nSPS) is 18.1. The molecule has 1 atom stereocenters. The molecule has 0 bridgehead atoms. The minimum Gasteiger partial charge on any atom is -0.443 e. The number of hydrogen-bond acceptors (Lipinski definition) is 5. The van der Waals surface area contributed by atoms with Crippen LogP contribution in [0.3, 0.4) is 0 Å². The van der Waals surface area contributed by atoms with Crippen molar-refractivity contribution in [2.45, 2.75) is 24.0 Å². The van der Waals surface area contributed by atoms with Gasteiger partial charge in [0.25, 0.3) is 0 Å². The van der Waals surface area contributed by atoms with Gasteiger partial charge in [0.2, 0.25) is 0 Å². The Labute approximate surface area is 184 Å². The Morgan fingerprint density at radius 2 is 1.90 bits per heavy atom. The van der Waals surface area contributed by atoms with Crippen molar-refractivity contribution in [3.63, 3.8) is 0 Å². The average Bonchev–Trinajstić information content (AvgIpc) is 3.18. The van der Waals surface area contributed by atoms with Crippen LogP contribution in [-0.2, 0) is 17.7 Å². The lowest BCUT2D eigenvalue weighted by molar-refractivity contribution is 0.151. The van der Waals surface area contributed by atoms with E-state index in [9.17, 15) is 4.79 Å². The minimum absolute atomic E-state index is 0.244. The molecule has 0 radical (unpaired) electrons. The van der Waals surface area contributed by atoms with Crippen molar-refractivity contribution in [1.29, 1.82) is 0 Å². The summed E-state index contributed by atoms with van der Waals surface area (Å²) in [4.78, 5) is 21.0. The molecule has 5 rings (SSSR count). The van der Waals surface area contributed by atoms with Gasteiger partial charge in [-0.05, 0) is 47.9 Å². The Bertz CT molecular complexity index is 1100. The second-order valence-electron chi connectivity index (χ2n) is 7.69. The molecule has 2 aliphatic heterocycles. The van der Waals surface area contributed by atoms with Gasteiger partial charge in [-0.1, -0.05) is 24.3 Å². The van der Waals surface area contributed by atoms with Crippen LogP contribution in [0.5, 0.6) is 0 Å². The lowest BCUT2D eigenvalue weighted by atomic mass is 9.99. The SMILES string of the molecule is O=C1O[C@H](CSc2ccncc2)CN1c1ccc(N2CCc3ccccc3C2)c(F)c1. The first-order valence-electron chi connectivity index (χ1n) is 10.3. The second-order valence-corrected chi connectivity index (χ2v) is 8.78. The molecule has 1 fully saturated rings. The first-order valence-corrected chi connectivity index (χ1v) is 11.3. The van der Waals surface area contributed by atoms with Gasteiger partial charge in [0.05, 0.1) is 17.9 Å². The van der Waals surface area contributed by atoms with Crippen molar-refractivity contribution in [1.82, 2.24) is 4.98 Å². The number of hydrogen-bond donors (Lipinski definition) is 0. The quantitative estimate of drug-likeness (QED) is 0.534. The maximum absolute atomic E-state index is 15.0. The van der Waals surface area contributed by atoms with Gasteiger partial charge in [0.15, 0.2) is 0 Å². The van der Waals surface area contributed by atoms with E-state index in [1.54, 1.807) is 36.3 Å². The fourth-order valence-electron chi connectivity index (χ4n) is 4.06. The second kappa shape index (κ2) is 8.59. The van der Waals surface area contributed by atoms with Gasteiger partial charge in [-0.25, -0.2) is 9.18 Å². The van der Waals surface area contributed by atoms with E-state index in [0.717, 1.165) is 17.9 Å². The topological polar surface area (TPSA) is 45.7 Å². The minimum atomic E-state index is -0.431. The smallest absolute Gasteiger partial charge is 0.414 e. The van der Waals surface area contributed by atoms with Crippen LogP contribution >= 0.6 is 11.8 Å². The van der Waals surface area contributed by atoms with Crippen LogP contribution in [0.25, 0.3) is 0 Å². The van der Waals surface area contributed by atoms with Gasteiger partial charge in [-0.2, -0.15) is 0 Å². The van der Waals surface area contributed by atoms with Crippen molar-refractivity contribution in [2.75, 3.05) is 28.6 Å². The molecule has 0 aliphatic carbocycles. The number of carbonyl (C=O) groups is 1. The summed E-state index contributed by atoms with van der Waals surface area (Å²) in [5.74, 6) is 0.319. The van der Waals surface area contributed by atoms with Crippen LogP contribution in [-0.4, -0.2) is 36.0 Å². The Hall–Kier alpha value is -3.06. The molecule has 2 aromatic carbocycles. The zero-order valence-electron chi connectivity index (χ0n) is 16.9.